The Kier molecular flexibility index (Phi) is 5.14. The van der Waals surface area contributed by atoms with Crippen LogP contribution in [0.5, 0.6) is 5.75 Å². The summed E-state index contributed by atoms with van der Waals surface area (Å²) < 4.78 is 6.86. The van der Waals surface area contributed by atoms with Crippen molar-refractivity contribution in [1.82, 2.24) is 25.0 Å². The molecule has 9 nitrogen and oxygen atoms in total. The zero-order valence-electron chi connectivity index (χ0n) is 15.5. The number of carbonyl (C=O) groups excluding carboxylic acids is 1. The number of hydrogen-bond acceptors (Lipinski definition) is 7. The third kappa shape index (κ3) is 3.78. The lowest BCUT2D eigenvalue weighted by atomic mass is 9.95. The van der Waals surface area contributed by atoms with E-state index in [1.54, 1.807) is 18.1 Å². The Balaban J connectivity index is 1.34. The van der Waals surface area contributed by atoms with Gasteiger partial charge in [-0.05, 0) is 37.1 Å². The van der Waals surface area contributed by atoms with Crippen LogP contribution in [0.15, 0.2) is 49.1 Å². The summed E-state index contributed by atoms with van der Waals surface area (Å²) in [6.07, 6.45) is 4.55. The van der Waals surface area contributed by atoms with Crippen LogP contribution in [0.3, 0.4) is 0 Å². The smallest absolute Gasteiger partial charge is 0.227 e. The number of carbonyl (C=O) groups is 1. The molecular formula is C19H21N7O2. The van der Waals surface area contributed by atoms with Crippen molar-refractivity contribution in [1.29, 1.82) is 0 Å². The molecule has 1 aliphatic heterocycles. The molecule has 0 radical (unpaired) electrons. The van der Waals surface area contributed by atoms with Crippen molar-refractivity contribution in [2.24, 2.45) is 5.92 Å². The molecular weight excluding hydrogens is 358 g/mol. The summed E-state index contributed by atoms with van der Waals surface area (Å²) in [7, 11) is 1.60. The molecule has 3 heterocycles. The van der Waals surface area contributed by atoms with Gasteiger partial charge in [0.1, 0.15) is 18.4 Å². The predicted molar refractivity (Wildman–Crippen MR) is 104 cm³/mol. The van der Waals surface area contributed by atoms with Gasteiger partial charge >= 0.3 is 0 Å². The van der Waals surface area contributed by atoms with E-state index in [0.29, 0.717) is 17.3 Å². The topological polar surface area (TPSA) is 98.1 Å². The van der Waals surface area contributed by atoms with Crippen LogP contribution >= 0.6 is 0 Å². The molecule has 0 atom stereocenters. The maximum Gasteiger partial charge on any atom is 0.227 e. The Morgan fingerprint density at radius 2 is 1.86 bits per heavy atom. The van der Waals surface area contributed by atoms with Gasteiger partial charge in [0.25, 0.3) is 0 Å². The third-order valence-electron chi connectivity index (χ3n) is 4.84. The maximum atomic E-state index is 12.6. The van der Waals surface area contributed by atoms with Crippen molar-refractivity contribution in [2.45, 2.75) is 12.8 Å². The molecule has 4 rings (SSSR count). The fraction of sp³-hybridized carbons (Fsp3) is 0.316. The predicted octanol–water partition coefficient (Wildman–Crippen LogP) is 1.92. The molecule has 1 aliphatic rings. The lowest BCUT2D eigenvalue weighted by molar-refractivity contribution is -0.120. The first-order chi connectivity index (χ1) is 13.7. The zero-order chi connectivity index (χ0) is 19.3. The van der Waals surface area contributed by atoms with Gasteiger partial charge in [-0.1, -0.05) is 12.1 Å². The van der Waals surface area contributed by atoms with Gasteiger partial charge in [-0.15, -0.1) is 10.2 Å². The number of piperidine rings is 1. The second-order valence-corrected chi connectivity index (χ2v) is 6.54. The van der Waals surface area contributed by atoms with E-state index in [9.17, 15) is 4.79 Å². The molecule has 1 N–H and O–H groups in total. The number of rotatable bonds is 5. The first kappa shape index (κ1) is 17.9. The van der Waals surface area contributed by atoms with E-state index in [2.05, 4.69) is 30.5 Å². The molecule has 3 aromatic rings. The van der Waals surface area contributed by atoms with Crippen LogP contribution in [0, 0.1) is 5.92 Å². The largest absolute Gasteiger partial charge is 0.495 e. The minimum absolute atomic E-state index is 0.0248. The molecule has 1 fully saturated rings. The van der Waals surface area contributed by atoms with Crippen molar-refractivity contribution < 1.29 is 9.53 Å². The summed E-state index contributed by atoms with van der Waals surface area (Å²) in [5.41, 5.74) is 0.701. The molecule has 0 bridgehead atoms. The summed E-state index contributed by atoms with van der Waals surface area (Å²) >= 11 is 0. The third-order valence-corrected chi connectivity index (χ3v) is 4.84. The van der Waals surface area contributed by atoms with E-state index in [4.69, 9.17) is 4.74 Å². The minimum Gasteiger partial charge on any atom is -0.495 e. The number of ether oxygens (including phenoxy) is 1. The highest BCUT2D eigenvalue weighted by Gasteiger charge is 2.26. The lowest BCUT2D eigenvalue weighted by Crippen LogP contribution is -2.38. The number of aromatic nitrogens is 5. The van der Waals surface area contributed by atoms with E-state index in [-0.39, 0.29) is 11.8 Å². The first-order valence-corrected chi connectivity index (χ1v) is 9.12. The molecule has 1 saturated heterocycles. The van der Waals surface area contributed by atoms with Crippen LogP contribution < -0.4 is 15.0 Å². The lowest BCUT2D eigenvalue weighted by Gasteiger charge is -2.31. The molecule has 144 valence electrons. The van der Waals surface area contributed by atoms with E-state index >= 15 is 0 Å². The Bertz CT molecular complexity index is 920. The normalized spacial score (nSPS) is 14.7. The van der Waals surface area contributed by atoms with Crippen LogP contribution in [0.25, 0.3) is 5.82 Å². The maximum absolute atomic E-state index is 12.6. The summed E-state index contributed by atoms with van der Waals surface area (Å²) in [6.45, 7) is 1.50. The summed E-state index contributed by atoms with van der Waals surface area (Å²) in [5.74, 6) is 2.07. The molecule has 2 aromatic heterocycles. The number of nitrogens with zero attached hydrogens (tertiary/aromatic N) is 6. The van der Waals surface area contributed by atoms with Gasteiger partial charge in [0.2, 0.25) is 5.91 Å². The Morgan fingerprint density at radius 3 is 2.54 bits per heavy atom. The van der Waals surface area contributed by atoms with Crippen molar-refractivity contribution >= 4 is 17.4 Å². The number of amides is 1. The average molecular weight is 379 g/mol. The monoisotopic (exact) mass is 379 g/mol. The van der Waals surface area contributed by atoms with Crippen LogP contribution in [0.4, 0.5) is 11.5 Å². The number of para-hydroxylation sites is 2. The summed E-state index contributed by atoms with van der Waals surface area (Å²) in [5, 5.41) is 15.5. The van der Waals surface area contributed by atoms with Crippen LogP contribution in [0.1, 0.15) is 12.8 Å². The van der Waals surface area contributed by atoms with Crippen molar-refractivity contribution in [3.63, 3.8) is 0 Å². The Labute approximate surface area is 162 Å². The molecule has 0 aliphatic carbocycles. The van der Waals surface area contributed by atoms with E-state index in [1.165, 1.54) is 6.33 Å². The van der Waals surface area contributed by atoms with Crippen molar-refractivity contribution in [3.8, 4) is 11.6 Å². The first-order valence-electron chi connectivity index (χ1n) is 9.12. The van der Waals surface area contributed by atoms with Crippen LogP contribution in [0.2, 0.25) is 0 Å². The van der Waals surface area contributed by atoms with Gasteiger partial charge in [0.05, 0.1) is 12.8 Å². The van der Waals surface area contributed by atoms with E-state index in [0.717, 1.165) is 31.7 Å². The van der Waals surface area contributed by atoms with Gasteiger partial charge < -0.3 is 15.0 Å². The summed E-state index contributed by atoms with van der Waals surface area (Å²) in [6, 6.07) is 11.2. The quantitative estimate of drug-likeness (QED) is 0.723. The zero-order valence-corrected chi connectivity index (χ0v) is 15.5. The van der Waals surface area contributed by atoms with E-state index in [1.807, 2.05) is 36.4 Å². The van der Waals surface area contributed by atoms with Crippen LogP contribution in [-0.2, 0) is 4.79 Å². The Morgan fingerprint density at radius 1 is 1.11 bits per heavy atom. The van der Waals surface area contributed by atoms with Gasteiger partial charge in [-0.25, -0.2) is 9.67 Å². The number of benzene rings is 1. The van der Waals surface area contributed by atoms with Gasteiger partial charge in [0.15, 0.2) is 11.6 Å². The number of methoxy groups -OCH3 is 1. The molecule has 1 aromatic carbocycles. The SMILES string of the molecule is COc1ccccc1NC(=O)C1CCN(c2ccc(-n3cncn3)nn2)CC1. The van der Waals surface area contributed by atoms with Crippen LogP contribution in [-0.4, -0.2) is 51.1 Å². The van der Waals surface area contributed by atoms with Gasteiger partial charge in [-0.2, -0.15) is 5.10 Å². The molecule has 0 spiro atoms. The standard InChI is InChI=1S/C19H21N7O2/c1-28-16-5-3-2-4-15(16)22-19(27)14-8-10-25(11-9-14)17-6-7-18(24-23-17)26-13-20-12-21-26/h2-7,12-14H,8-11H2,1H3,(H,22,27). The average Bonchev–Trinajstić information content (AvgIpc) is 3.29. The van der Waals surface area contributed by atoms with Gasteiger partial charge in [0, 0.05) is 19.0 Å². The highest BCUT2D eigenvalue weighted by Crippen LogP contribution is 2.26. The highest BCUT2D eigenvalue weighted by atomic mass is 16.5. The van der Waals surface area contributed by atoms with Crippen molar-refractivity contribution in [2.75, 3.05) is 30.4 Å². The number of nitrogens with one attached hydrogen (secondary N) is 1. The second-order valence-electron chi connectivity index (χ2n) is 6.54. The number of hydrogen-bond donors (Lipinski definition) is 1. The highest BCUT2D eigenvalue weighted by molar-refractivity contribution is 5.94. The molecule has 0 saturated carbocycles. The Hall–Kier alpha value is -3.49. The fourth-order valence-electron chi connectivity index (χ4n) is 3.29. The fourth-order valence-corrected chi connectivity index (χ4v) is 3.29. The molecule has 9 heteroatoms. The van der Waals surface area contributed by atoms with Gasteiger partial charge in [-0.3, -0.25) is 4.79 Å². The molecule has 1 amide bonds. The number of anilines is 2. The molecule has 28 heavy (non-hydrogen) atoms. The molecule has 0 unspecified atom stereocenters. The van der Waals surface area contributed by atoms with E-state index < -0.39 is 0 Å². The minimum atomic E-state index is -0.0384. The second kappa shape index (κ2) is 8.03. The van der Waals surface area contributed by atoms with Crippen molar-refractivity contribution in [3.05, 3.63) is 49.1 Å². The summed E-state index contributed by atoms with van der Waals surface area (Å²) in [4.78, 5) is 18.7.